The minimum absolute atomic E-state index is 0.118. The number of hydrogen-bond acceptors (Lipinski definition) is 0. The van der Waals surface area contributed by atoms with E-state index in [1.165, 1.54) is 11.1 Å². The molecule has 0 saturated heterocycles. The summed E-state index contributed by atoms with van der Waals surface area (Å²) in [5.74, 6) is 0.634. The summed E-state index contributed by atoms with van der Waals surface area (Å²) in [6.45, 7) is 4.51. The molecule has 0 unspecified atom stereocenters. The van der Waals surface area contributed by atoms with Gasteiger partial charge in [-0.1, -0.05) is 0 Å². The first-order chi connectivity index (χ1) is 8.74. The van der Waals surface area contributed by atoms with E-state index in [1.54, 1.807) is 8.66 Å². The third-order valence-corrected chi connectivity index (χ3v) is 12.0. The van der Waals surface area contributed by atoms with E-state index in [4.69, 9.17) is 0 Å². The van der Waals surface area contributed by atoms with Crippen LogP contribution in [-0.2, 0) is 0 Å². The molecule has 0 aliphatic carbocycles. The molecule has 0 amide bonds. The molecule has 0 N–H and O–H groups in total. The summed E-state index contributed by atoms with van der Waals surface area (Å²) in [6.07, 6.45) is 0. The van der Waals surface area contributed by atoms with Crippen molar-refractivity contribution in [1.29, 1.82) is 0 Å². The molecular weight excluding hydrogens is 446 g/mol. The van der Waals surface area contributed by atoms with Gasteiger partial charge < -0.3 is 0 Å². The van der Waals surface area contributed by atoms with Gasteiger partial charge in [-0.25, -0.2) is 0 Å². The molecule has 0 spiro atoms. The van der Waals surface area contributed by atoms with Crippen LogP contribution in [0.4, 0.5) is 0 Å². The third kappa shape index (κ3) is 2.54. The summed E-state index contributed by atoms with van der Waals surface area (Å²) in [4.78, 5) is 0. The fourth-order valence-corrected chi connectivity index (χ4v) is 11.0. The van der Waals surface area contributed by atoms with Crippen LogP contribution < -0.4 is 21.2 Å². The molecule has 1 aliphatic rings. The molecule has 0 radical (unpaired) electrons. The van der Waals surface area contributed by atoms with Crippen LogP contribution in [-0.4, -0.2) is 1.52 Å². The first kappa shape index (κ1) is 12.8. The van der Waals surface area contributed by atoms with Crippen LogP contribution in [0.1, 0.15) is 30.9 Å². The van der Waals surface area contributed by atoms with E-state index in [-0.39, 0.29) is 41.9 Å². The summed E-state index contributed by atoms with van der Waals surface area (Å²) >= 11 is 0.236. The predicted molar refractivity (Wildman–Crippen MR) is 82.5 cm³/mol. The molecule has 2 aromatic rings. The second-order valence-corrected chi connectivity index (χ2v) is 12.3. The molecule has 94 valence electrons. The monoisotopic (exact) mass is 461 g/mol. The number of fused-ring (bicyclic) bond motifs is 1. The fraction of sp³-hybridized carbons (Fsp3) is 0.188. The Morgan fingerprint density at radius 2 is 1.67 bits per heavy atom. The summed E-state index contributed by atoms with van der Waals surface area (Å²) in [6, 6.07) is 18.3. The Morgan fingerprint density at radius 1 is 0.944 bits per heavy atom. The molecule has 1 heterocycles. The number of hydrogen-bond donors (Lipinski definition) is 0. The standard InChI is InChI=1S/C16H15I2/c1-11(2)12-7-9-13(10-8-12)16-17-14-5-3-4-6-15(14)18-16/h3-11H,1-2H3/q-1. The molecule has 0 aromatic heterocycles. The Labute approximate surface area is 129 Å². The zero-order valence-corrected chi connectivity index (χ0v) is 14.8. The van der Waals surface area contributed by atoms with E-state index in [0.29, 0.717) is 5.92 Å². The van der Waals surface area contributed by atoms with Crippen LogP contribution in [0.3, 0.4) is 0 Å². The number of benzene rings is 2. The van der Waals surface area contributed by atoms with E-state index in [0.717, 1.165) is 0 Å². The van der Waals surface area contributed by atoms with Crippen LogP contribution in [0.5, 0.6) is 0 Å². The average molecular weight is 461 g/mol. The number of rotatable bonds is 2. The first-order valence-corrected chi connectivity index (χ1v) is 10.4. The maximum atomic E-state index is 2.34. The van der Waals surface area contributed by atoms with Gasteiger partial charge in [0.15, 0.2) is 0 Å². The van der Waals surface area contributed by atoms with Gasteiger partial charge in [0.2, 0.25) is 0 Å². The zero-order valence-electron chi connectivity index (χ0n) is 10.5. The Morgan fingerprint density at radius 3 is 2.33 bits per heavy atom. The van der Waals surface area contributed by atoms with Crippen LogP contribution in [0, 0.1) is 7.14 Å². The van der Waals surface area contributed by atoms with Crippen LogP contribution in [0.2, 0.25) is 0 Å². The Kier molecular flexibility index (Phi) is 3.84. The molecule has 1 aliphatic heterocycles. The maximum absolute atomic E-state index is 2.34. The normalized spacial score (nSPS) is 14.5. The average Bonchev–Trinajstić information content (AvgIpc) is 2.82. The van der Waals surface area contributed by atoms with E-state index in [9.17, 15) is 0 Å². The molecule has 2 heteroatoms. The zero-order chi connectivity index (χ0) is 12.5. The molecule has 0 bridgehead atoms. The van der Waals surface area contributed by atoms with Crippen LogP contribution >= 0.6 is 20.7 Å². The predicted octanol–water partition coefficient (Wildman–Crippen LogP) is 1.40. The van der Waals surface area contributed by atoms with Crippen LogP contribution in [0.25, 0.3) is 0 Å². The van der Waals surface area contributed by atoms with Crippen molar-refractivity contribution in [3.05, 3.63) is 66.8 Å². The summed E-state index contributed by atoms with van der Waals surface area (Å²) in [5, 5.41) is 0. The quantitative estimate of drug-likeness (QED) is 0.594. The van der Waals surface area contributed by atoms with Gasteiger partial charge in [0.1, 0.15) is 0 Å². The summed E-state index contributed by atoms with van der Waals surface area (Å²) in [5.41, 5.74) is 2.96. The van der Waals surface area contributed by atoms with Gasteiger partial charge in [0.25, 0.3) is 0 Å². The second-order valence-electron chi connectivity index (χ2n) is 4.64. The second kappa shape index (κ2) is 5.41. The Balaban J connectivity index is 1.90. The fourth-order valence-electron chi connectivity index (χ4n) is 1.89. The Hall–Kier alpha value is -0.230. The SMILES string of the molecule is CC(C)c1ccc(C2=Ic3ccccc3[I-]2)cc1. The topological polar surface area (TPSA) is 0 Å². The molecule has 0 fully saturated rings. The molecule has 0 saturated carbocycles. The van der Waals surface area contributed by atoms with Crippen molar-refractivity contribution in [2.24, 2.45) is 0 Å². The first-order valence-electron chi connectivity index (χ1n) is 6.10. The van der Waals surface area contributed by atoms with Gasteiger partial charge in [0.05, 0.1) is 0 Å². The molecule has 2 aromatic carbocycles. The van der Waals surface area contributed by atoms with Gasteiger partial charge in [-0.2, -0.15) is 0 Å². The van der Waals surface area contributed by atoms with Crippen molar-refractivity contribution in [1.82, 2.24) is 0 Å². The van der Waals surface area contributed by atoms with E-state index in [2.05, 4.69) is 62.4 Å². The van der Waals surface area contributed by atoms with Crippen molar-refractivity contribution in [3.8, 4) is 0 Å². The van der Waals surface area contributed by atoms with E-state index in [1.807, 2.05) is 0 Å². The van der Waals surface area contributed by atoms with Crippen molar-refractivity contribution in [3.63, 3.8) is 0 Å². The van der Waals surface area contributed by atoms with Gasteiger partial charge in [-0.3, -0.25) is 0 Å². The Bertz CT molecular complexity index is 595. The van der Waals surface area contributed by atoms with Gasteiger partial charge >= 0.3 is 130 Å². The van der Waals surface area contributed by atoms with Gasteiger partial charge in [-0.05, 0) is 0 Å². The van der Waals surface area contributed by atoms with Crippen LogP contribution in [0.15, 0.2) is 48.5 Å². The van der Waals surface area contributed by atoms with Gasteiger partial charge in [-0.15, -0.1) is 0 Å². The van der Waals surface area contributed by atoms with Crippen molar-refractivity contribution in [2.45, 2.75) is 19.8 Å². The number of halogens is 2. The molecular formula is C16H15I2-. The third-order valence-electron chi connectivity index (χ3n) is 2.99. The molecule has 3 rings (SSSR count). The summed E-state index contributed by atoms with van der Waals surface area (Å²) in [7, 11) is 0. The van der Waals surface area contributed by atoms with Crippen molar-refractivity contribution >= 4 is 22.2 Å². The molecule has 18 heavy (non-hydrogen) atoms. The van der Waals surface area contributed by atoms with Crippen molar-refractivity contribution in [2.75, 3.05) is 0 Å². The summed E-state index contributed by atoms with van der Waals surface area (Å²) < 4.78 is 5.10. The van der Waals surface area contributed by atoms with Gasteiger partial charge in [0, 0.05) is 0 Å². The van der Waals surface area contributed by atoms with Crippen molar-refractivity contribution < 1.29 is 21.2 Å². The van der Waals surface area contributed by atoms with E-state index >= 15 is 0 Å². The van der Waals surface area contributed by atoms with E-state index < -0.39 is 0 Å². The molecule has 0 atom stereocenters. The molecule has 0 nitrogen and oxygen atoms in total. The minimum atomic E-state index is 0.118.